The number of carbonyl (C=O) groups is 1. The molecule has 0 radical (unpaired) electrons. The minimum Gasteiger partial charge on any atom is -0.542 e. The lowest BCUT2D eigenvalue weighted by Gasteiger charge is -2.21. The lowest BCUT2D eigenvalue weighted by molar-refractivity contribution is -0.137. The van der Waals surface area contributed by atoms with E-state index in [0.717, 1.165) is 11.1 Å². The van der Waals surface area contributed by atoms with Gasteiger partial charge in [0.15, 0.2) is 5.75 Å². The van der Waals surface area contributed by atoms with Crippen LogP contribution in [0.3, 0.4) is 0 Å². The molecule has 5 heteroatoms. The van der Waals surface area contributed by atoms with E-state index < -0.39 is 8.32 Å². The van der Waals surface area contributed by atoms with E-state index in [4.69, 9.17) is 13.9 Å². The van der Waals surface area contributed by atoms with Crippen LogP contribution in [-0.4, -0.2) is 28.0 Å². The van der Waals surface area contributed by atoms with Crippen LogP contribution in [0.5, 0.6) is 11.5 Å². The van der Waals surface area contributed by atoms with Crippen molar-refractivity contribution in [1.29, 1.82) is 0 Å². The van der Waals surface area contributed by atoms with E-state index >= 15 is 0 Å². The van der Waals surface area contributed by atoms with E-state index in [9.17, 15) is 4.79 Å². The fourth-order valence-electron chi connectivity index (χ4n) is 1.74. The van der Waals surface area contributed by atoms with Gasteiger partial charge in [-0.15, -0.1) is 6.58 Å². The highest BCUT2D eigenvalue weighted by Crippen LogP contribution is 2.30. The first-order valence-electron chi connectivity index (χ1n) is 7.57. The summed E-state index contributed by atoms with van der Waals surface area (Å²) in [7, 11) is -0.134. The van der Waals surface area contributed by atoms with Crippen molar-refractivity contribution in [2.24, 2.45) is 0 Å². The van der Waals surface area contributed by atoms with Crippen LogP contribution in [0.4, 0.5) is 0 Å². The van der Waals surface area contributed by atoms with Gasteiger partial charge in [0.1, 0.15) is 5.75 Å². The van der Waals surface area contributed by atoms with Crippen molar-refractivity contribution in [1.82, 2.24) is 0 Å². The maximum atomic E-state index is 11.6. The van der Waals surface area contributed by atoms with Crippen LogP contribution < -0.4 is 9.16 Å². The summed E-state index contributed by atoms with van der Waals surface area (Å²) in [6.45, 7) is 12.3. The average Bonchev–Trinajstić information content (AvgIpc) is 2.43. The predicted molar refractivity (Wildman–Crippen MR) is 96.4 cm³/mol. The Labute approximate surface area is 139 Å². The van der Waals surface area contributed by atoms with Gasteiger partial charge in [-0.25, -0.2) is 4.79 Å². The summed E-state index contributed by atoms with van der Waals surface area (Å²) in [5, 5.41) is 0. The molecule has 0 spiro atoms. The molecule has 4 nitrogen and oxygen atoms in total. The Kier molecular flexibility index (Phi) is 7.10. The zero-order chi connectivity index (χ0) is 17.5. The van der Waals surface area contributed by atoms with E-state index in [1.54, 1.807) is 13.2 Å². The molecule has 0 heterocycles. The SMILES string of the molecule is C=C(C)CCOC(=O)/C=C\c1ccc(OC)c(O[Si](C)(C)C)c1. The van der Waals surface area contributed by atoms with Crippen molar-refractivity contribution in [2.75, 3.05) is 13.7 Å². The Balaban J connectivity index is 2.76. The molecule has 0 bridgehead atoms. The minimum absolute atomic E-state index is 0.352. The third-order valence-electron chi connectivity index (χ3n) is 2.79. The number of ether oxygens (including phenoxy) is 2. The molecule has 0 aromatic heterocycles. The fraction of sp³-hybridized carbons (Fsp3) is 0.389. The number of carbonyl (C=O) groups excluding carboxylic acids is 1. The Hall–Kier alpha value is -2.01. The maximum Gasteiger partial charge on any atom is 0.330 e. The van der Waals surface area contributed by atoms with Crippen molar-refractivity contribution in [2.45, 2.75) is 33.0 Å². The molecule has 0 saturated carbocycles. The average molecular weight is 334 g/mol. The van der Waals surface area contributed by atoms with E-state index in [1.807, 2.05) is 25.1 Å². The number of esters is 1. The molecule has 1 rings (SSSR count). The summed E-state index contributed by atoms with van der Waals surface area (Å²) in [5.74, 6) is 1.02. The van der Waals surface area contributed by atoms with Crippen molar-refractivity contribution < 1.29 is 18.7 Å². The summed E-state index contributed by atoms with van der Waals surface area (Å²) in [6.07, 6.45) is 3.80. The molecule has 0 amide bonds. The van der Waals surface area contributed by atoms with E-state index in [1.165, 1.54) is 6.08 Å². The number of rotatable bonds is 8. The number of hydrogen-bond donors (Lipinski definition) is 0. The zero-order valence-corrected chi connectivity index (χ0v) is 15.6. The molecular weight excluding hydrogens is 308 g/mol. The second-order valence-corrected chi connectivity index (χ2v) is 10.8. The molecule has 23 heavy (non-hydrogen) atoms. The quantitative estimate of drug-likeness (QED) is 0.305. The molecule has 1 aromatic rings. The molecule has 0 aliphatic carbocycles. The first-order valence-corrected chi connectivity index (χ1v) is 11.0. The molecule has 0 aliphatic heterocycles. The Morgan fingerprint density at radius 2 is 1.96 bits per heavy atom. The Bertz CT molecular complexity index is 585. The van der Waals surface area contributed by atoms with E-state index in [-0.39, 0.29) is 5.97 Å². The molecule has 0 atom stereocenters. The van der Waals surface area contributed by atoms with Gasteiger partial charge in [-0.2, -0.15) is 0 Å². The van der Waals surface area contributed by atoms with Gasteiger partial charge in [-0.3, -0.25) is 0 Å². The molecule has 0 fully saturated rings. The summed E-state index contributed by atoms with van der Waals surface area (Å²) in [5.41, 5.74) is 1.85. The molecule has 1 aromatic carbocycles. The van der Waals surface area contributed by atoms with Crippen LogP contribution in [0.1, 0.15) is 18.9 Å². The number of benzene rings is 1. The first kappa shape index (κ1) is 19.0. The molecule has 0 aliphatic rings. The molecule has 0 unspecified atom stereocenters. The molecule has 126 valence electrons. The first-order chi connectivity index (χ1) is 10.7. The molecular formula is C18H26O4Si. The lowest BCUT2D eigenvalue weighted by Crippen LogP contribution is -2.29. The zero-order valence-electron chi connectivity index (χ0n) is 14.6. The van der Waals surface area contributed by atoms with Crippen molar-refractivity contribution >= 4 is 20.4 Å². The van der Waals surface area contributed by atoms with Crippen LogP contribution >= 0.6 is 0 Å². The minimum atomic E-state index is -1.75. The second kappa shape index (κ2) is 8.58. The van der Waals surface area contributed by atoms with Gasteiger partial charge in [0.05, 0.1) is 13.7 Å². The number of methoxy groups -OCH3 is 1. The highest BCUT2D eigenvalue weighted by molar-refractivity contribution is 6.70. The van der Waals surface area contributed by atoms with Gasteiger partial charge >= 0.3 is 5.97 Å². The Morgan fingerprint density at radius 1 is 1.26 bits per heavy atom. The topological polar surface area (TPSA) is 44.8 Å². The van der Waals surface area contributed by atoms with Gasteiger partial charge in [0, 0.05) is 12.5 Å². The lowest BCUT2D eigenvalue weighted by atomic mass is 10.2. The van der Waals surface area contributed by atoms with Crippen molar-refractivity contribution in [3.8, 4) is 11.5 Å². The van der Waals surface area contributed by atoms with Crippen molar-refractivity contribution in [3.63, 3.8) is 0 Å². The molecule has 0 N–H and O–H groups in total. The monoisotopic (exact) mass is 334 g/mol. The van der Waals surface area contributed by atoms with Crippen molar-refractivity contribution in [3.05, 3.63) is 42.0 Å². The van der Waals surface area contributed by atoms with Crippen LogP contribution in [0.2, 0.25) is 19.6 Å². The normalized spacial score (nSPS) is 11.3. The molecule has 0 saturated heterocycles. The van der Waals surface area contributed by atoms with E-state index in [2.05, 4.69) is 26.2 Å². The van der Waals surface area contributed by atoms with E-state index in [0.29, 0.717) is 24.5 Å². The maximum absolute atomic E-state index is 11.6. The smallest absolute Gasteiger partial charge is 0.330 e. The highest BCUT2D eigenvalue weighted by Gasteiger charge is 2.18. The third kappa shape index (κ3) is 7.70. The van der Waals surface area contributed by atoms with Crippen LogP contribution in [0.25, 0.3) is 6.08 Å². The van der Waals surface area contributed by atoms with Crippen LogP contribution in [0.15, 0.2) is 36.4 Å². The second-order valence-electron chi connectivity index (χ2n) is 6.33. The summed E-state index contributed by atoms with van der Waals surface area (Å²) in [4.78, 5) is 11.6. The Morgan fingerprint density at radius 3 is 2.52 bits per heavy atom. The van der Waals surface area contributed by atoms with Crippen LogP contribution in [0, 0.1) is 0 Å². The highest BCUT2D eigenvalue weighted by atomic mass is 28.4. The van der Waals surface area contributed by atoms with Crippen LogP contribution in [-0.2, 0) is 9.53 Å². The van der Waals surface area contributed by atoms with Gasteiger partial charge in [-0.1, -0.05) is 11.6 Å². The van der Waals surface area contributed by atoms with Gasteiger partial charge < -0.3 is 13.9 Å². The van der Waals surface area contributed by atoms with Gasteiger partial charge in [0.2, 0.25) is 8.32 Å². The summed E-state index contributed by atoms with van der Waals surface area (Å²) >= 11 is 0. The predicted octanol–water partition coefficient (Wildman–Crippen LogP) is 4.43. The third-order valence-corrected chi connectivity index (χ3v) is 3.62. The fourth-order valence-corrected chi connectivity index (χ4v) is 2.56. The standard InChI is InChI=1S/C18H26O4Si/c1-14(2)11-12-21-18(19)10-8-15-7-9-16(20-3)17(13-15)22-23(4,5)6/h7-10,13H,1,11-12H2,2-6H3/b10-8-. The number of hydrogen-bond acceptors (Lipinski definition) is 4. The van der Waals surface area contributed by atoms with Gasteiger partial charge in [-0.05, 0) is 50.3 Å². The summed E-state index contributed by atoms with van der Waals surface area (Å²) < 4.78 is 16.4. The summed E-state index contributed by atoms with van der Waals surface area (Å²) in [6, 6.07) is 5.57. The largest absolute Gasteiger partial charge is 0.542 e. The van der Waals surface area contributed by atoms with Gasteiger partial charge in [0.25, 0.3) is 0 Å².